The number of amides is 1. The third kappa shape index (κ3) is 5.72. The third-order valence-corrected chi connectivity index (χ3v) is 2.49. The zero-order chi connectivity index (χ0) is 14.1. The molecule has 19 heavy (non-hydrogen) atoms. The summed E-state index contributed by atoms with van der Waals surface area (Å²) in [6.45, 7) is 5.96. The molecule has 0 saturated heterocycles. The van der Waals surface area contributed by atoms with Crippen LogP contribution in [0, 0.1) is 6.92 Å². The molecule has 0 atom stereocenters. The van der Waals surface area contributed by atoms with Gasteiger partial charge in [-0.3, -0.25) is 4.79 Å². The largest absolute Gasteiger partial charge is 0.489 e. The van der Waals surface area contributed by atoms with Crippen molar-refractivity contribution in [2.45, 2.75) is 13.8 Å². The fraction of sp³-hybridized carbons (Fsp3) is 0.500. The summed E-state index contributed by atoms with van der Waals surface area (Å²) in [4.78, 5) is 11.7. The molecule has 0 heterocycles. The van der Waals surface area contributed by atoms with Crippen molar-refractivity contribution in [2.24, 2.45) is 0 Å². The predicted molar refractivity (Wildman–Crippen MR) is 75.7 cm³/mol. The van der Waals surface area contributed by atoms with Crippen LogP contribution in [0.5, 0.6) is 5.75 Å². The zero-order valence-corrected chi connectivity index (χ0v) is 11.8. The van der Waals surface area contributed by atoms with Crippen LogP contribution in [0.1, 0.15) is 12.5 Å². The number of ether oxygens (including phenoxy) is 2. The lowest BCUT2D eigenvalue weighted by molar-refractivity contribution is -0.115. The Kier molecular flexibility index (Phi) is 6.92. The normalized spacial score (nSPS) is 10.3. The van der Waals surface area contributed by atoms with Crippen LogP contribution in [0.4, 0.5) is 5.69 Å². The first kappa shape index (κ1) is 15.5. The lowest BCUT2D eigenvalue weighted by atomic mass is 10.2. The minimum atomic E-state index is -0.0812. The number of aryl methyl sites for hydroxylation is 1. The van der Waals surface area contributed by atoms with Gasteiger partial charge in [-0.25, -0.2) is 0 Å². The summed E-state index contributed by atoms with van der Waals surface area (Å²) < 4.78 is 10.5. The van der Waals surface area contributed by atoms with Gasteiger partial charge in [0.05, 0.1) is 18.8 Å². The first-order valence-electron chi connectivity index (χ1n) is 6.40. The van der Waals surface area contributed by atoms with E-state index in [1.54, 1.807) is 7.11 Å². The Labute approximate surface area is 114 Å². The van der Waals surface area contributed by atoms with E-state index in [0.29, 0.717) is 31.2 Å². The van der Waals surface area contributed by atoms with E-state index in [1.807, 2.05) is 32.0 Å². The molecule has 0 aliphatic carbocycles. The molecule has 0 aliphatic rings. The van der Waals surface area contributed by atoms with Gasteiger partial charge in [0.2, 0.25) is 5.91 Å². The fourth-order valence-electron chi connectivity index (χ4n) is 1.52. The Balaban J connectivity index is 2.67. The van der Waals surface area contributed by atoms with E-state index in [1.165, 1.54) is 0 Å². The zero-order valence-electron chi connectivity index (χ0n) is 11.8. The highest BCUT2D eigenvalue weighted by Gasteiger charge is 2.08. The molecule has 5 nitrogen and oxygen atoms in total. The SMILES string of the molecule is CCNCC(=O)Nc1ccc(C)cc1OCCOC. The first-order valence-corrected chi connectivity index (χ1v) is 6.40. The molecule has 0 unspecified atom stereocenters. The van der Waals surface area contributed by atoms with Crippen molar-refractivity contribution in [1.29, 1.82) is 0 Å². The summed E-state index contributed by atoms with van der Waals surface area (Å²) in [5.74, 6) is 0.587. The average Bonchev–Trinajstić information content (AvgIpc) is 2.39. The summed E-state index contributed by atoms with van der Waals surface area (Å²) in [6, 6.07) is 5.69. The van der Waals surface area contributed by atoms with Crippen LogP contribution in [0.15, 0.2) is 18.2 Å². The van der Waals surface area contributed by atoms with E-state index in [2.05, 4.69) is 10.6 Å². The summed E-state index contributed by atoms with van der Waals surface area (Å²) in [6.07, 6.45) is 0. The van der Waals surface area contributed by atoms with Crippen LogP contribution in [0.2, 0.25) is 0 Å². The molecule has 1 aromatic carbocycles. The first-order chi connectivity index (χ1) is 9.17. The molecular weight excluding hydrogens is 244 g/mol. The van der Waals surface area contributed by atoms with Gasteiger partial charge in [0.1, 0.15) is 12.4 Å². The predicted octanol–water partition coefficient (Wildman–Crippen LogP) is 1.57. The second kappa shape index (κ2) is 8.50. The molecular formula is C14H22N2O3. The topological polar surface area (TPSA) is 59.6 Å². The summed E-state index contributed by atoms with van der Waals surface area (Å²) >= 11 is 0. The molecule has 0 saturated carbocycles. The second-order valence-electron chi connectivity index (χ2n) is 4.17. The van der Waals surface area contributed by atoms with Crippen molar-refractivity contribution < 1.29 is 14.3 Å². The van der Waals surface area contributed by atoms with Gasteiger partial charge in [-0.15, -0.1) is 0 Å². The molecule has 5 heteroatoms. The van der Waals surface area contributed by atoms with Gasteiger partial charge in [0.25, 0.3) is 0 Å². The number of likely N-dealkylation sites (N-methyl/N-ethyl adjacent to an activating group) is 1. The number of methoxy groups -OCH3 is 1. The number of benzene rings is 1. The van der Waals surface area contributed by atoms with E-state index < -0.39 is 0 Å². The van der Waals surface area contributed by atoms with Crippen molar-refractivity contribution in [1.82, 2.24) is 5.32 Å². The number of hydrogen-bond acceptors (Lipinski definition) is 4. The summed E-state index contributed by atoms with van der Waals surface area (Å²) in [7, 11) is 1.62. The Morgan fingerprint density at radius 3 is 2.79 bits per heavy atom. The van der Waals surface area contributed by atoms with Crippen LogP contribution < -0.4 is 15.4 Å². The standard InChI is InChI=1S/C14H22N2O3/c1-4-15-10-14(17)16-12-6-5-11(2)9-13(12)19-8-7-18-3/h5-6,9,15H,4,7-8,10H2,1-3H3,(H,16,17). The van der Waals surface area contributed by atoms with Gasteiger partial charge in [0.15, 0.2) is 0 Å². The molecule has 1 amide bonds. The van der Waals surface area contributed by atoms with Gasteiger partial charge in [-0.2, -0.15) is 0 Å². The highest BCUT2D eigenvalue weighted by atomic mass is 16.5. The lowest BCUT2D eigenvalue weighted by Gasteiger charge is -2.13. The number of carbonyl (C=O) groups excluding carboxylic acids is 1. The minimum absolute atomic E-state index is 0.0812. The molecule has 1 aromatic rings. The maximum absolute atomic E-state index is 11.7. The highest BCUT2D eigenvalue weighted by molar-refractivity contribution is 5.93. The quantitative estimate of drug-likeness (QED) is 0.701. The van der Waals surface area contributed by atoms with Gasteiger partial charge in [-0.1, -0.05) is 13.0 Å². The Hall–Kier alpha value is -1.59. The van der Waals surface area contributed by atoms with Crippen molar-refractivity contribution >= 4 is 11.6 Å². The monoisotopic (exact) mass is 266 g/mol. The smallest absolute Gasteiger partial charge is 0.238 e. The van der Waals surface area contributed by atoms with Crippen molar-refractivity contribution in [2.75, 3.05) is 38.7 Å². The van der Waals surface area contributed by atoms with Crippen molar-refractivity contribution in [3.05, 3.63) is 23.8 Å². The Morgan fingerprint density at radius 1 is 1.32 bits per heavy atom. The van der Waals surface area contributed by atoms with Crippen molar-refractivity contribution in [3.8, 4) is 5.75 Å². The average molecular weight is 266 g/mol. The maximum atomic E-state index is 11.7. The van der Waals surface area contributed by atoms with Crippen LogP contribution in [0.25, 0.3) is 0 Å². The molecule has 0 bridgehead atoms. The fourth-order valence-corrected chi connectivity index (χ4v) is 1.52. The van der Waals surface area contributed by atoms with E-state index in [9.17, 15) is 4.79 Å². The highest BCUT2D eigenvalue weighted by Crippen LogP contribution is 2.25. The number of anilines is 1. The molecule has 0 aromatic heterocycles. The van der Waals surface area contributed by atoms with Crippen LogP contribution >= 0.6 is 0 Å². The number of carbonyl (C=O) groups is 1. The van der Waals surface area contributed by atoms with Gasteiger partial charge >= 0.3 is 0 Å². The third-order valence-electron chi connectivity index (χ3n) is 2.49. The number of rotatable bonds is 8. The van der Waals surface area contributed by atoms with Crippen LogP contribution in [-0.2, 0) is 9.53 Å². The van der Waals surface area contributed by atoms with Gasteiger partial charge in [0, 0.05) is 7.11 Å². The van der Waals surface area contributed by atoms with Crippen LogP contribution in [0.3, 0.4) is 0 Å². The molecule has 0 spiro atoms. The Bertz CT molecular complexity index is 408. The molecule has 1 rings (SSSR count). The Morgan fingerprint density at radius 2 is 2.11 bits per heavy atom. The van der Waals surface area contributed by atoms with Gasteiger partial charge in [-0.05, 0) is 31.2 Å². The van der Waals surface area contributed by atoms with E-state index >= 15 is 0 Å². The van der Waals surface area contributed by atoms with Gasteiger partial charge < -0.3 is 20.1 Å². The number of nitrogens with one attached hydrogen (secondary N) is 2. The maximum Gasteiger partial charge on any atom is 0.238 e. The summed E-state index contributed by atoms with van der Waals surface area (Å²) in [5, 5.41) is 5.81. The van der Waals surface area contributed by atoms with E-state index in [0.717, 1.165) is 12.1 Å². The molecule has 2 N–H and O–H groups in total. The summed E-state index contributed by atoms with van der Waals surface area (Å²) in [5.41, 5.74) is 1.77. The number of hydrogen-bond donors (Lipinski definition) is 2. The molecule has 0 fully saturated rings. The lowest BCUT2D eigenvalue weighted by Crippen LogP contribution is -2.28. The van der Waals surface area contributed by atoms with E-state index in [-0.39, 0.29) is 5.91 Å². The van der Waals surface area contributed by atoms with Crippen molar-refractivity contribution in [3.63, 3.8) is 0 Å². The van der Waals surface area contributed by atoms with E-state index in [4.69, 9.17) is 9.47 Å². The molecule has 0 aliphatic heterocycles. The minimum Gasteiger partial charge on any atom is -0.489 e. The van der Waals surface area contributed by atoms with Crippen LogP contribution in [-0.4, -0.2) is 39.3 Å². The molecule has 106 valence electrons. The molecule has 0 radical (unpaired) electrons. The second-order valence-corrected chi connectivity index (χ2v) is 4.17.